The van der Waals surface area contributed by atoms with Crippen molar-refractivity contribution in [3.8, 4) is 0 Å². The maximum Gasteiger partial charge on any atom is 0.141 e. The third-order valence-electron chi connectivity index (χ3n) is 3.86. The molecular weight excluding hydrogens is 224 g/mol. The fraction of sp³-hybridized carbons (Fsp3) is 0.857. The summed E-state index contributed by atoms with van der Waals surface area (Å²) in [6, 6.07) is 0.391. The van der Waals surface area contributed by atoms with Crippen LogP contribution < -0.4 is 5.32 Å². The molecule has 0 atom stereocenters. The Kier molecular flexibility index (Phi) is 5.17. The van der Waals surface area contributed by atoms with E-state index in [9.17, 15) is 0 Å². The third kappa shape index (κ3) is 3.80. The molecule has 1 N–H and O–H groups in total. The van der Waals surface area contributed by atoms with E-state index in [-0.39, 0.29) is 0 Å². The summed E-state index contributed by atoms with van der Waals surface area (Å²) < 4.78 is 1.99. The summed E-state index contributed by atoms with van der Waals surface area (Å²) in [4.78, 5) is 4.30. The molecule has 0 spiro atoms. The first-order valence-electron chi connectivity index (χ1n) is 7.36. The molecule has 4 heteroatoms. The lowest BCUT2D eigenvalue weighted by Crippen LogP contribution is -2.20. The quantitative estimate of drug-likeness (QED) is 0.757. The van der Waals surface area contributed by atoms with Crippen molar-refractivity contribution in [2.45, 2.75) is 65.0 Å². The van der Waals surface area contributed by atoms with Crippen LogP contribution in [0.3, 0.4) is 0 Å². The van der Waals surface area contributed by atoms with Gasteiger partial charge in [-0.1, -0.05) is 25.7 Å². The van der Waals surface area contributed by atoms with E-state index in [4.69, 9.17) is 0 Å². The Morgan fingerprint density at radius 1 is 1.39 bits per heavy atom. The maximum atomic E-state index is 4.30. The van der Waals surface area contributed by atoms with Crippen molar-refractivity contribution in [3.05, 3.63) is 12.2 Å². The molecule has 1 fully saturated rings. The predicted molar refractivity (Wildman–Crippen MR) is 73.3 cm³/mol. The first kappa shape index (κ1) is 13.5. The molecule has 1 saturated carbocycles. The highest BCUT2D eigenvalue weighted by Gasteiger charge is 2.14. The zero-order valence-electron chi connectivity index (χ0n) is 11.7. The Balaban J connectivity index is 1.61. The molecule has 0 aliphatic heterocycles. The van der Waals surface area contributed by atoms with E-state index in [1.165, 1.54) is 38.5 Å². The highest BCUT2D eigenvalue weighted by atomic mass is 15.3. The van der Waals surface area contributed by atoms with Gasteiger partial charge in [-0.05, 0) is 39.2 Å². The number of hydrogen-bond donors (Lipinski definition) is 1. The van der Waals surface area contributed by atoms with Gasteiger partial charge >= 0.3 is 0 Å². The predicted octanol–water partition coefficient (Wildman–Crippen LogP) is 2.92. The average molecular weight is 250 g/mol. The van der Waals surface area contributed by atoms with Crippen molar-refractivity contribution in [1.29, 1.82) is 0 Å². The van der Waals surface area contributed by atoms with Crippen molar-refractivity contribution in [2.75, 3.05) is 6.54 Å². The normalized spacial score (nSPS) is 16.8. The summed E-state index contributed by atoms with van der Waals surface area (Å²) in [7, 11) is 0. The van der Waals surface area contributed by atoms with Crippen LogP contribution in [0.1, 0.15) is 64.2 Å². The number of hydrogen-bond acceptors (Lipinski definition) is 3. The fourth-order valence-corrected chi connectivity index (χ4v) is 2.85. The van der Waals surface area contributed by atoms with Gasteiger partial charge in [-0.2, -0.15) is 5.10 Å². The van der Waals surface area contributed by atoms with Gasteiger partial charge in [-0.25, -0.2) is 9.67 Å². The lowest BCUT2D eigenvalue weighted by molar-refractivity contribution is 0.457. The third-order valence-corrected chi connectivity index (χ3v) is 3.86. The van der Waals surface area contributed by atoms with Crippen molar-refractivity contribution in [3.63, 3.8) is 0 Å². The number of nitrogens with one attached hydrogen (secondary N) is 1. The Labute approximate surface area is 110 Å². The zero-order chi connectivity index (χ0) is 12.8. The summed E-state index contributed by atoms with van der Waals surface area (Å²) in [5.74, 6) is 2.05. The van der Waals surface area contributed by atoms with E-state index in [1.54, 1.807) is 6.33 Å². The molecule has 1 aliphatic carbocycles. The standard InChI is InChI=1S/C14H26N4/c1-12(2)18-14(16-11-17-18)10-15-9-5-8-13-6-3-4-7-13/h11-13,15H,3-10H2,1-2H3. The van der Waals surface area contributed by atoms with Crippen LogP contribution >= 0.6 is 0 Å². The summed E-state index contributed by atoms with van der Waals surface area (Å²) in [5.41, 5.74) is 0. The van der Waals surface area contributed by atoms with E-state index in [1.807, 2.05) is 4.68 Å². The van der Waals surface area contributed by atoms with Crippen LogP contribution in [-0.2, 0) is 6.54 Å². The molecule has 0 amide bonds. The molecule has 1 aromatic heterocycles. The lowest BCUT2D eigenvalue weighted by atomic mass is 10.0. The molecule has 0 bridgehead atoms. The van der Waals surface area contributed by atoms with E-state index >= 15 is 0 Å². The molecule has 4 nitrogen and oxygen atoms in total. The molecule has 18 heavy (non-hydrogen) atoms. The molecule has 0 aromatic carbocycles. The maximum absolute atomic E-state index is 4.30. The minimum atomic E-state index is 0.391. The smallest absolute Gasteiger partial charge is 0.141 e. The number of nitrogens with zero attached hydrogens (tertiary/aromatic N) is 3. The second kappa shape index (κ2) is 6.88. The van der Waals surface area contributed by atoms with Crippen LogP contribution in [0.25, 0.3) is 0 Å². The fourth-order valence-electron chi connectivity index (χ4n) is 2.85. The van der Waals surface area contributed by atoms with Gasteiger partial charge in [0.25, 0.3) is 0 Å². The van der Waals surface area contributed by atoms with Crippen molar-refractivity contribution in [2.24, 2.45) is 5.92 Å². The summed E-state index contributed by atoms with van der Waals surface area (Å²) in [5, 5.41) is 7.73. The first-order chi connectivity index (χ1) is 8.77. The average Bonchev–Trinajstić information content (AvgIpc) is 2.98. The van der Waals surface area contributed by atoms with Gasteiger partial charge in [0.15, 0.2) is 0 Å². The van der Waals surface area contributed by atoms with Gasteiger partial charge in [0.1, 0.15) is 12.2 Å². The molecule has 1 aromatic rings. The van der Waals surface area contributed by atoms with Gasteiger partial charge in [-0.15, -0.1) is 0 Å². The summed E-state index contributed by atoms with van der Waals surface area (Å²) in [6.07, 6.45) is 10.2. The zero-order valence-corrected chi connectivity index (χ0v) is 11.7. The van der Waals surface area contributed by atoms with E-state index in [0.29, 0.717) is 6.04 Å². The Morgan fingerprint density at radius 2 is 2.17 bits per heavy atom. The first-order valence-corrected chi connectivity index (χ1v) is 7.36. The summed E-state index contributed by atoms with van der Waals surface area (Å²) in [6.45, 7) is 6.21. The molecule has 1 heterocycles. The minimum Gasteiger partial charge on any atom is -0.310 e. The van der Waals surface area contributed by atoms with Crippen molar-refractivity contribution >= 4 is 0 Å². The van der Waals surface area contributed by atoms with Gasteiger partial charge in [-0.3, -0.25) is 0 Å². The van der Waals surface area contributed by atoms with Crippen LogP contribution in [0.5, 0.6) is 0 Å². The largest absolute Gasteiger partial charge is 0.310 e. The van der Waals surface area contributed by atoms with Gasteiger partial charge in [0.05, 0.1) is 6.54 Å². The minimum absolute atomic E-state index is 0.391. The lowest BCUT2D eigenvalue weighted by Gasteiger charge is -2.11. The highest BCUT2D eigenvalue weighted by molar-refractivity contribution is 4.85. The summed E-state index contributed by atoms with van der Waals surface area (Å²) >= 11 is 0. The Bertz CT molecular complexity index is 339. The SMILES string of the molecule is CC(C)n1ncnc1CNCCCC1CCCC1. The number of rotatable bonds is 7. The molecule has 2 rings (SSSR count). The van der Waals surface area contributed by atoms with E-state index in [2.05, 4.69) is 29.2 Å². The van der Waals surface area contributed by atoms with Crippen molar-refractivity contribution in [1.82, 2.24) is 20.1 Å². The molecule has 0 radical (unpaired) electrons. The van der Waals surface area contributed by atoms with E-state index in [0.717, 1.165) is 24.8 Å². The molecule has 1 aliphatic rings. The Hall–Kier alpha value is -0.900. The molecule has 102 valence electrons. The van der Waals surface area contributed by atoms with Crippen LogP contribution in [-0.4, -0.2) is 21.3 Å². The Morgan fingerprint density at radius 3 is 2.89 bits per heavy atom. The topological polar surface area (TPSA) is 42.7 Å². The van der Waals surface area contributed by atoms with Gasteiger partial charge in [0.2, 0.25) is 0 Å². The van der Waals surface area contributed by atoms with Crippen LogP contribution in [0.2, 0.25) is 0 Å². The van der Waals surface area contributed by atoms with Crippen LogP contribution in [0, 0.1) is 5.92 Å². The van der Waals surface area contributed by atoms with Gasteiger partial charge < -0.3 is 5.32 Å². The molecule has 0 saturated heterocycles. The van der Waals surface area contributed by atoms with Gasteiger partial charge in [0, 0.05) is 6.04 Å². The monoisotopic (exact) mass is 250 g/mol. The van der Waals surface area contributed by atoms with Crippen LogP contribution in [0.15, 0.2) is 6.33 Å². The van der Waals surface area contributed by atoms with Crippen molar-refractivity contribution < 1.29 is 0 Å². The van der Waals surface area contributed by atoms with E-state index < -0.39 is 0 Å². The molecular formula is C14H26N4. The van der Waals surface area contributed by atoms with Crippen LogP contribution in [0.4, 0.5) is 0 Å². The second-order valence-electron chi connectivity index (χ2n) is 5.68. The second-order valence-corrected chi connectivity index (χ2v) is 5.68. The highest BCUT2D eigenvalue weighted by Crippen LogP contribution is 2.28. The molecule has 0 unspecified atom stereocenters. The number of aromatic nitrogens is 3.